The van der Waals surface area contributed by atoms with Gasteiger partial charge in [-0.15, -0.1) is 0 Å². The van der Waals surface area contributed by atoms with E-state index in [-0.39, 0.29) is 18.5 Å². The van der Waals surface area contributed by atoms with E-state index in [0.29, 0.717) is 10.7 Å². The number of halogens is 1. The van der Waals surface area contributed by atoms with E-state index in [0.717, 1.165) is 11.1 Å². The normalized spacial score (nSPS) is 11.8. The van der Waals surface area contributed by atoms with Gasteiger partial charge in [0, 0.05) is 10.7 Å². The Morgan fingerprint density at radius 2 is 1.95 bits per heavy atom. The first-order chi connectivity index (χ1) is 9.84. The molecule has 0 saturated carbocycles. The lowest BCUT2D eigenvalue weighted by Crippen LogP contribution is -2.32. The number of aliphatic carboxylic acids is 1. The summed E-state index contributed by atoms with van der Waals surface area (Å²) >= 11 is 3.39. The smallest absolute Gasteiger partial charge is 0.303 e. The number of alkyl halides is 1. The standard InChI is InChI=1S/C15H17BrN2O3/c1-15(2,7-13(19)20)9-18-14(21)11-6-4-3-5-10(11)12(8-16)17-18/h3-6H,7-9H2,1-2H3,(H,19,20). The van der Waals surface area contributed by atoms with E-state index < -0.39 is 11.4 Å². The molecule has 0 saturated heterocycles. The number of hydrogen-bond acceptors (Lipinski definition) is 3. The third-order valence-corrected chi connectivity index (χ3v) is 3.81. The van der Waals surface area contributed by atoms with Crippen LogP contribution in [-0.4, -0.2) is 20.9 Å². The number of hydrogen-bond donors (Lipinski definition) is 1. The predicted octanol–water partition coefficient (Wildman–Crippen LogP) is 2.79. The molecule has 2 rings (SSSR count). The van der Waals surface area contributed by atoms with Crippen molar-refractivity contribution in [1.82, 2.24) is 9.78 Å². The van der Waals surface area contributed by atoms with Crippen molar-refractivity contribution >= 4 is 32.7 Å². The Morgan fingerprint density at radius 3 is 2.52 bits per heavy atom. The molecule has 21 heavy (non-hydrogen) atoms. The van der Waals surface area contributed by atoms with E-state index in [1.165, 1.54) is 4.68 Å². The molecule has 5 nitrogen and oxygen atoms in total. The third-order valence-electron chi connectivity index (χ3n) is 3.28. The second-order valence-corrected chi connectivity index (χ2v) is 6.38. The zero-order valence-electron chi connectivity index (χ0n) is 12.0. The number of carbonyl (C=O) groups is 1. The molecule has 0 amide bonds. The van der Waals surface area contributed by atoms with Crippen LogP contribution < -0.4 is 5.56 Å². The number of fused-ring (bicyclic) bond motifs is 1. The lowest BCUT2D eigenvalue weighted by molar-refractivity contribution is -0.139. The van der Waals surface area contributed by atoms with Gasteiger partial charge >= 0.3 is 5.97 Å². The van der Waals surface area contributed by atoms with E-state index in [1.807, 2.05) is 32.0 Å². The number of aromatic nitrogens is 2. The minimum atomic E-state index is -0.880. The summed E-state index contributed by atoms with van der Waals surface area (Å²) in [4.78, 5) is 23.4. The Hall–Kier alpha value is -1.69. The largest absolute Gasteiger partial charge is 0.481 e. The summed E-state index contributed by atoms with van der Waals surface area (Å²) < 4.78 is 1.38. The number of benzene rings is 1. The first-order valence-electron chi connectivity index (χ1n) is 6.60. The van der Waals surface area contributed by atoms with Crippen LogP contribution in [0, 0.1) is 5.41 Å². The first kappa shape index (κ1) is 15.7. The van der Waals surface area contributed by atoms with Crippen molar-refractivity contribution in [2.45, 2.75) is 32.1 Å². The Bertz CT molecular complexity index is 737. The molecule has 1 heterocycles. The second-order valence-electron chi connectivity index (χ2n) is 5.82. The minimum Gasteiger partial charge on any atom is -0.481 e. The molecule has 112 valence electrons. The summed E-state index contributed by atoms with van der Waals surface area (Å²) in [5, 5.41) is 15.3. The van der Waals surface area contributed by atoms with E-state index >= 15 is 0 Å². The van der Waals surface area contributed by atoms with Gasteiger partial charge in [-0.2, -0.15) is 5.10 Å². The summed E-state index contributed by atoms with van der Waals surface area (Å²) in [6.07, 6.45) is -0.0163. The van der Waals surface area contributed by atoms with Crippen molar-refractivity contribution in [3.05, 3.63) is 40.3 Å². The number of rotatable bonds is 5. The molecule has 0 aliphatic rings. The molecule has 0 spiro atoms. The van der Waals surface area contributed by atoms with Crippen molar-refractivity contribution in [1.29, 1.82) is 0 Å². The SMILES string of the molecule is CC(C)(CC(=O)O)Cn1nc(CBr)c2ccccc2c1=O. The van der Waals surface area contributed by atoms with Crippen molar-refractivity contribution in [3.8, 4) is 0 Å². The molecule has 1 N–H and O–H groups in total. The van der Waals surface area contributed by atoms with Crippen LogP contribution >= 0.6 is 15.9 Å². The Balaban J connectivity index is 2.52. The van der Waals surface area contributed by atoms with Crippen molar-refractivity contribution in [2.75, 3.05) is 0 Å². The summed E-state index contributed by atoms with van der Waals surface area (Å²) in [6.45, 7) is 3.90. The van der Waals surface area contributed by atoms with Crippen LogP contribution in [0.5, 0.6) is 0 Å². The van der Waals surface area contributed by atoms with E-state index in [4.69, 9.17) is 5.11 Å². The van der Waals surface area contributed by atoms with Gasteiger partial charge in [-0.05, 0) is 11.5 Å². The highest BCUT2D eigenvalue weighted by Gasteiger charge is 2.24. The molecule has 1 aromatic heterocycles. The molecule has 0 atom stereocenters. The highest BCUT2D eigenvalue weighted by molar-refractivity contribution is 9.08. The monoisotopic (exact) mass is 352 g/mol. The summed E-state index contributed by atoms with van der Waals surface area (Å²) in [6, 6.07) is 7.32. The number of nitrogens with zero attached hydrogens (tertiary/aromatic N) is 2. The van der Waals surface area contributed by atoms with E-state index in [1.54, 1.807) is 6.07 Å². The maximum atomic E-state index is 12.5. The molecule has 0 fully saturated rings. The molecular weight excluding hydrogens is 336 g/mol. The molecule has 0 radical (unpaired) electrons. The van der Waals surface area contributed by atoms with Gasteiger partial charge in [0.05, 0.1) is 24.0 Å². The van der Waals surface area contributed by atoms with Crippen LogP contribution in [0.15, 0.2) is 29.1 Å². The molecule has 0 unspecified atom stereocenters. The fourth-order valence-electron chi connectivity index (χ4n) is 2.38. The zero-order valence-corrected chi connectivity index (χ0v) is 13.6. The van der Waals surface area contributed by atoms with E-state index in [2.05, 4.69) is 21.0 Å². The van der Waals surface area contributed by atoms with Crippen LogP contribution in [0.3, 0.4) is 0 Å². The van der Waals surface area contributed by atoms with Gasteiger partial charge in [-0.3, -0.25) is 9.59 Å². The third kappa shape index (κ3) is 3.50. The maximum Gasteiger partial charge on any atom is 0.303 e. The van der Waals surface area contributed by atoms with Gasteiger partial charge < -0.3 is 5.11 Å². The molecule has 0 aliphatic carbocycles. The average Bonchev–Trinajstić information content (AvgIpc) is 2.40. The quantitative estimate of drug-likeness (QED) is 0.839. The summed E-state index contributed by atoms with van der Waals surface area (Å²) in [5.74, 6) is -0.880. The van der Waals surface area contributed by atoms with Gasteiger partial charge in [0.25, 0.3) is 5.56 Å². The number of carboxylic acids is 1. The molecule has 0 aliphatic heterocycles. The van der Waals surface area contributed by atoms with Gasteiger partial charge in [0.15, 0.2) is 0 Å². The van der Waals surface area contributed by atoms with Crippen molar-refractivity contribution in [3.63, 3.8) is 0 Å². The summed E-state index contributed by atoms with van der Waals surface area (Å²) in [5.41, 5.74) is 0.0411. The van der Waals surface area contributed by atoms with E-state index in [9.17, 15) is 9.59 Å². The first-order valence-corrected chi connectivity index (χ1v) is 7.73. The Morgan fingerprint density at radius 1 is 1.33 bits per heavy atom. The molecule has 2 aromatic rings. The fraction of sp³-hybridized carbons (Fsp3) is 0.400. The van der Waals surface area contributed by atoms with Crippen LogP contribution in [0.25, 0.3) is 10.8 Å². The van der Waals surface area contributed by atoms with Crippen LogP contribution in [0.1, 0.15) is 26.0 Å². The Labute approximate surface area is 130 Å². The number of carboxylic acid groups (broad SMARTS) is 1. The zero-order chi connectivity index (χ0) is 15.6. The van der Waals surface area contributed by atoms with Crippen LogP contribution in [0.4, 0.5) is 0 Å². The van der Waals surface area contributed by atoms with Crippen molar-refractivity contribution < 1.29 is 9.90 Å². The second kappa shape index (κ2) is 5.97. The minimum absolute atomic E-state index is 0.0163. The average molecular weight is 353 g/mol. The van der Waals surface area contributed by atoms with Crippen LogP contribution in [-0.2, 0) is 16.7 Å². The Kier molecular flexibility index (Phi) is 4.46. The predicted molar refractivity (Wildman–Crippen MR) is 84.7 cm³/mol. The van der Waals surface area contributed by atoms with Gasteiger partial charge in [-0.1, -0.05) is 48.0 Å². The van der Waals surface area contributed by atoms with Gasteiger partial charge in [0.2, 0.25) is 0 Å². The highest BCUT2D eigenvalue weighted by Crippen LogP contribution is 2.23. The summed E-state index contributed by atoms with van der Waals surface area (Å²) in [7, 11) is 0. The lowest BCUT2D eigenvalue weighted by Gasteiger charge is -2.23. The molecular formula is C15H17BrN2O3. The van der Waals surface area contributed by atoms with Crippen LogP contribution in [0.2, 0.25) is 0 Å². The molecule has 1 aromatic carbocycles. The highest BCUT2D eigenvalue weighted by atomic mass is 79.9. The molecule has 6 heteroatoms. The maximum absolute atomic E-state index is 12.5. The fourth-order valence-corrected chi connectivity index (χ4v) is 2.80. The topological polar surface area (TPSA) is 72.2 Å². The molecule has 0 bridgehead atoms. The lowest BCUT2D eigenvalue weighted by atomic mass is 9.89. The van der Waals surface area contributed by atoms with Gasteiger partial charge in [0.1, 0.15) is 0 Å². The van der Waals surface area contributed by atoms with Crippen molar-refractivity contribution in [2.24, 2.45) is 5.41 Å². The van der Waals surface area contributed by atoms with Gasteiger partial charge in [-0.25, -0.2) is 4.68 Å².